The van der Waals surface area contributed by atoms with Crippen LogP contribution in [0.1, 0.15) is 23.3 Å². The van der Waals surface area contributed by atoms with Crippen molar-refractivity contribution in [1.29, 1.82) is 0 Å². The molecule has 3 heterocycles. The quantitative estimate of drug-likeness (QED) is 0.751. The van der Waals surface area contributed by atoms with E-state index in [0.717, 1.165) is 41.9 Å². The molecule has 0 bridgehead atoms. The lowest BCUT2D eigenvalue weighted by molar-refractivity contribution is 0.0944. The average molecular weight is 337 g/mol. The number of nitrogens with one attached hydrogen (secondary N) is 2. The lowest BCUT2D eigenvalue weighted by Crippen LogP contribution is -2.33. The number of aryl methyl sites for hydroxylation is 1. The van der Waals surface area contributed by atoms with Crippen molar-refractivity contribution in [2.24, 2.45) is 7.05 Å². The van der Waals surface area contributed by atoms with Gasteiger partial charge in [-0.3, -0.25) is 9.48 Å². The summed E-state index contributed by atoms with van der Waals surface area (Å²) in [5.41, 5.74) is 3.40. The Balaban J connectivity index is 1.46. The Morgan fingerprint density at radius 2 is 2.04 bits per heavy atom. The third-order valence-corrected chi connectivity index (χ3v) is 4.83. The van der Waals surface area contributed by atoms with E-state index in [-0.39, 0.29) is 5.91 Å². The van der Waals surface area contributed by atoms with Crippen LogP contribution in [0.3, 0.4) is 0 Å². The molecule has 0 saturated carbocycles. The number of rotatable bonds is 5. The minimum atomic E-state index is -0.114. The van der Waals surface area contributed by atoms with Gasteiger partial charge in [0.1, 0.15) is 0 Å². The lowest BCUT2D eigenvalue weighted by atomic mass is 10.2. The first-order valence-electron chi connectivity index (χ1n) is 8.83. The minimum absolute atomic E-state index is 0.114. The smallest absolute Gasteiger partial charge is 0.271 e. The van der Waals surface area contributed by atoms with Crippen molar-refractivity contribution in [1.82, 2.24) is 25.0 Å². The number of para-hydroxylation sites is 1. The number of carbonyl (C=O) groups excluding carboxylic acids is 1. The van der Waals surface area contributed by atoms with Gasteiger partial charge in [-0.25, -0.2) is 0 Å². The highest BCUT2D eigenvalue weighted by Gasteiger charge is 2.16. The number of aromatic nitrogens is 3. The molecular formula is C19H23N5O. The van der Waals surface area contributed by atoms with E-state index in [0.29, 0.717) is 12.2 Å². The average Bonchev–Trinajstić information content (AvgIpc) is 3.33. The first-order valence-corrected chi connectivity index (χ1v) is 8.83. The Morgan fingerprint density at radius 1 is 1.24 bits per heavy atom. The number of hydrogen-bond donors (Lipinski definition) is 2. The fourth-order valence-electron chi connectivity index (χ4n) is 3.47. The molecule has 2 N–H and O–H groups in total. The van der Waals surface area contributed by atoms with Gasteiger partial charge < -0.3 is 15.2 Å². The van der Waals surface area contributed by atoms with E-state index in [4.69, 9.17) is 0 Å². The largest absolute Gasteiger partial charge is 0.353 e. The summed E-state index contributed by atoms with van der Waals surface area (Å²) in [4.78, 5) is 18.1. The molecule has 4 rings (SSSR count). The van der Waals surface area contributed by atoms with Gasteiger partial charge in [-0.15, -0.1) is 0 Å². The maximum atomic E-state index is 12.4. The number of benzene rings is 1. The van der Waals surface area contributed by atoms with Crippen molar-refractivity contribution >= 4 is 16.8 Å². The SMILES string of the molecule is Cn1nc(C(=O)NCCN2CCCC2)cc1-c1cc2ccccc2[nH]1. The summed E-state index contributed by atoms with van der Waals surface area (Å²) < 4.78 is 1.75. The van der Waals surface area contributed by atoms with Crippen LogP contribution >= 0.6 is 0 Å². The van der Waals surface area contributed by atoms with E-state index < -0.39 is 0 Å². The number of likely N-dealkylation sites (tertiary alicyclic amines) is 1. The molecule has 1 amide bonds. The van der Waals surface area contributed by atoms with Gasteiger partial charge in [0.15, 0.2) is 5.69 Å². The topological polar surface area (TPSA) is 66.0 Å². The van der Waals surface area contributed by atoms with Crippen LogP contribution < -0.4 is 5.32 Å². The number of H-pyrrole nitrogens is 1. The Labute approximate surface area is 146 Å². The van der Waals surface area contributed by atoms with E-state index in [1.165, 1.54) is 12.8 Å². The van der Waals surface area contributed by atoms with Crippen LogP contribution in [0.4, 0.5) is 0 Å². The number of fused-ring (bicyclic) bond motifs is 1. The second kappa shape index (κ2) is 6.72. The van der Waals surface area contributed by atoms with Crippen LogP contribution in [0.2, 0.25) is 0 Å². The molecule has 1 fully saturated rings. The van der Waals surface area contributed by atoms with E-state index >= 15 is 0 Å². The fraction of sp³-hybridized carbons (Fsp3) is 0.368. The van der Waals surface area contributed by atoms with E-state index in [1.807, 2.05) is 31.3 Å². The summed E-state index contributed by atoms with van der Waals surface area (Å²) in [5, 5.41) is 8.50. The van der Waals surface area contributed by atoms with Crippen LogP contribution in [0.15, 0.2) is 36.4 Å². The molecule has 0 spiro atoms. The van der Waals surface area contributed by atoms with Crippen molar-refractivity contribution in [2.45, 2.75) is 12.8 Å². The van der Waals surface area contributed by atoms with Gasteiger partial charge in [-0.05, 0) is 44.1 Å². The van der Waals surface area contributed by atoms with Crippen molar-refractivity contribution in [2.75, 3.05) is 26.2 Å². The molecule has 1 aliphatic rings. The fourth-order valence-corrected chi connectivity index (χ4v) is 3.47. The maximum absolute atomic E-state index is 12.4. The molecular weight excluding hydrogens is 314 g/mol. The van der Waals surface area contributed by atoms with Gasteiger partial charge in [-0.2, -0.15) is 5.10 Å². The van der Waals surface area contributed by atoms with Gasteiger partial charge >= 0.3 is 0 Å². The minimum Gasteiger partial charge on any atom is -0.353 e. The van der Waals surface area contributed by atoms with Crippen molar-refractivity contribution in [3.63, 3.8) is 0 Å². The van der Waals surface area contributed by atoms with E-state index in [2.05, 4.69) is 32.4 Å². The zero-order valence-electron chi connectivity index (χ0n) is 14.5. The zero-order chi connectivity index (χ0) is 17.2. The predicted molar refractivity (Wildman–Crippen MR) is 98.5 cm³/mol. The highest BCUT2D eigenvalue weighted by atomic mass is 16.1. The molecule has 25 heavy (non-hydrogen) atoms. The first kappa shape index (κ1) is 15.9. The number of amides is 1. The molecule has 130 valence electrons. The summed E-state index contributed by atoms with van der Waals surface area (Å²) >= 11 is 0. The molecule has 0 aliphatic carbocycles. The molecule has 0 radical (unpaired) electrons. The van der Waals surface area contributed by atoms with Crippen LogP contribution in [0, 0.1) is 0 Å². The zero-order valence-corrected chi connectivity index (χ0v) is 14.5. The monoisotopic (exact) mass is 337 g/mol. The summed E-state index contributed by atoms with van der Waals surface area (Å²) in [7, 11) is 1.86. The highest BCUT2D eigenvalue weighted by Crippen LogP contribution is 2.24. The van der Waals surface area contributed by atoms with E-state index in [9.17, 15) is 4.79 Å². The van der Waals surface area contributed by atoms with Crippen molar-refractivity contribution < 1.29 is 4.79 Å². The predicted octanol–water partition coefficient (Wildman–Crippen LogP) is 2.39. The molecule has 6 heteroatoms. The number of carbonyl (C=O) groups is 1. The number of nitrogens with zero attached hydrogens (tertiary/aromatic N) is 3. The van der Waals surface area contributed by atoms with E-state index in [1.54, 1.807) is 4.68 Å². The lowest BCUT2D eigenvalue weighted by Gasteiger charge is -2.14. The first-order chi connectivity index (χ1) is 12.2. The number of hydrogen-bond acceptors (Lipinski definition) is 3. The Morgan fingerprint density at radius 3 is 2.84 bits per heavy atom. The summed E-state index contributed by atoms with van der Waals surface area (Å²) in [5.74, 6) is -0.114. The number of aromatic amines is 1. The molecule has 1 aliphatic heterocycles. The third kappa shape index (κ3) is 3.30. The third-order valence-electron chi connectivity index (χ3n) is 4.83. The second-order valence-corrected chi connectivity index (χ2v) is 6.61. The Kier molecular flexibility index (Phi) is 4.28. The second-order valence-electron chi connectivity index (χ2n) is 6.61. The van der Waals surface area contributed by atoms with Gasteiger partial charge in [0, 0.05) is 31.0 Å². The molecule has 0 unspecified atom stereocenters. The standard InChI is InChI=1S/C19H23N5O/c1-23-18(16-12-14-6-2-3-7-15(14)21-16)13-17(22-23)19(25)20-8-11-24-9-4-5-10-24/h2-3,6-7,12-13,21H,4-5,8-11H2,1H3,(H,20,25). The molecule has 0 atom stereocenters. The summed E-state index contributed by atoms with van der Waals surface area (Å²) in [6.45, 7) is 3.86. The van der Waals surface area contributed by atoms with Gasteiger partial charge in [0.05, 0.1) is 11.4 Å². The molecule has 3 aromatic rings. The summed E-state index contributed by atoms with van der Waals surface area (Å²) in [6.07, 6.45) is 2.53. The van der Waals surface area contributed by atoms with Crippen LogP contribution in [-0.2, 0) is 7.05 Å². The molecule has 2 aromatic heterocycles. The molecule has 1 saturated heterocycles. The van der Waals surface area contributed by atoms with Gasteiger partial charge in [0.2, 0.25) is 0 Å². The normalized spacial score (nSPS) is 15.1. The Hall–Kier alpha value is -2.60. The molecule has 1 aromatic carbocycles. The summed E-state index contributed by atoms with van der Waals surface area (Å²) in [6, 6.07) is 12.1. The highest BCUT2D eigenvalue weighted by molar-refractivity contribution is 5.94. The van der Waals surface area contributed by atoms with Crippen LogP contribution in [0.25, 0.3) is 22.3 Å². The maximum Gasteiger partial charge on any atom is 0.271 e. The Bertz CT molecular complexity index is 855. The molecule has 6 nitrogen and oxygen atoms in total. The van der Waals surface area contributed by atoms with Crippen LogP contribution in [-0.4, -0.2) is 51.8 Å². The van der Waals surface area contributed by atoms with Crippen molar-refractivity contribution in [3.05, 3.63) is 42.1 Å². The van der Waals surface area contributed by atoms with Crippen molar-refractivity contribution in [3.8, 4) is 11.4 Å². The van der Waals surface area contributed by atoms with Gasteiger partial charge in [0.25, 0.3) is 5.91 Å². The van der Waals surface area contributed by atoms with Gasteiger partial charge in [-0.1, -0.05) is 18.2 Å². The van der Waals surface area contributed by atoms with Crippen LogP contribution in [0.5, 0.6) is 0 Å².